The number of carbonyl (C=O) groups excluding carboxylic acids is 1. The molecule has 0 aromatic carbocycles. The highest BCUT2D eigenvalue weighted by atomic mass is 35.5. The van der Waals surface area contributed by atoms with Crippen LogP contribution in [0.4, 0.5) is 0 Å². The van der Waals surface area contributed by atoms with Gasteiger partial charge in [-0.05, 0) is 62.6 Å². The molecule has 1 saturated heterocycles. The molecule has 1 fully saturated rings. The Morgan fingerprint density at radius 2 is 2.12 bits per heavy atom. The number of piperidine rings is 1. The first-order chi connectivity index (χ1) is 11.2. The molecular formula is C18H29ClN2O2S. The maximum absolute atomic E-state index is 12.7. The summed E-state index contributed by atoms with van der Waals surface area (Å²) >= 11 is 1.72. The number of aryl methyl sites for hydroxylation is 1. The van der Waals surface area contributed by atoms with E-state index in [4.69, 9.17) is 10.5 Å². The third-order valence-electron chi connectivity index (χ3n) is 4.97. The Kier molecular flexibility index (Phi) is 7.54. The van der Waals surface area contributed by atoms with Gasteiger partial charge in [-0.3, -0.25) is 4.79 Å². The van der Waals surface area contributed by atoms with Gasteiger partial charge in [0.25, 0.3) is 5.91 Å². The number of likely N-dealkylation sites (tertiary alicyclic amines) is 1. The van der Waals surface area contributed by atoms with Crippen LogP contribution in [0.3, 0.4) is 0 Å². The number of fused-ring (bicyclic) bond motifs is 1. The predicted octanol–water partition coefficient (Wildman–Crippen LogP) is 3.26. The second-order valence-corrected chi connectivity index (χ2v) is 8.05. The Balaban J connectivity index is 0.00000208. The van der Waals surface area contributed by atoms with E-state index in [0.717, 1.165) is 62.6 Å². The number of hydrogen-bond donors (Lipinski definition) is 1. The predicted molar refractivity (Wildman–Crippen MR) is 101 cm³/mol. The van der Waals surface area contributed by atoms with E-state index in [2.05, 4.69) is 13.0 Å². The summed E-state index contributed by atoms with van der Waals surface area (Å²) in [6.07, 6.45) is 6.63. The van der Waals surface area contributed by atoms with Gasteiger partial charge in [-0.25, -0.2) is 0 Å². The fourth-order valence-corrected chi connectivity index (χ4v) is 4.70. The lowest BCUT2D eigenvalue weighted by molar-refractivity contribution is 0.00857. The first kappa shape index (κ1) is 19.7. The zero-order valence-corrected chi connectivity index (χ0v) is 16.1. The van der Waals surface area contributed by atoms with E-state index in [-0.39, 0.29) is 18.3 Å². The number of hydrogen-bond acceptors (Lipinski definition) is 4. The molecular weight excluding hydrogens is 344 g/mol. The molecule has 4 nitrogen and oxygen atoms in total. The van der Waals surface area contributed by atoms with Crippen LogP contribution in [0.2, 0.25) is 0 Å². The Morgan fingerprint density at radius 1 is 1.38 bits per heavy atom. The number of rotatable bonds is 5. The molecule has 1 unspecified atom stereocenters. The summed E-state index contributed by atoms with van der Waals surface area (Å²) in [6.45, 7) is 5.34. The van der Waals surface area contributed by atoms with Gasteiger partial charge in [0.2, 0.25) is 0 Å². The van der Waals surface area contributed by atoms with Gasteiger partial charge in [-0.2, -0.15) is 0 Å². The maximum atomic E-state index is 12.7. The van der Waals surface area contributed by atoms with E-state index < -0.39 is 0 Å². The van der Waals surface area contributed by atoms with Crippen molar-refractivity contribution in [2.45, 2.75) is 51.6 Å². The van der Waals surface area contributed by atoms with E-state index >= 15 is 0 Å². The summed E-state index contributed by atoms with van der Waals surface area (Å²) in [7, 11) is 0. The Labute approximate surface area is 155 Å². The summed E-state index contributed by atoms with van der Waals surface area (Å²) in [5.74, 6) is 0.971. The number of carbonyl (C=O) groups is 1. The maximum Gasteiger partial charge on any atom is 0.263 e. The van der Waals surface area contributed by atoms with Crippen molar-refractivity contribution in [2.75, 3.05) is 26.2 Å². The van der Waals surface area contributed by atoms with Gasteiger partial charge in [0.15, 0.2) is 0 Å². The minimum absolute atomic E-state index is 0. The van der Waals surface area contributed by atoms with Crippen molar-refractivity contribution in [1.29, 1.82) is 0 Å². The van der Waals surface area contributed by atoms with E-state index in [0.29, 0.717) is 12.6 Å². The standard InChI is InChI=1S/C18H28N2O2S.ClH/c1-13-3-4-16-14(11-13)12-17(23-16)18(21)20-8-5-15(6-9-20)22-10-2-7-19;/h12-13,15H,2-11,19H2,1H3;1H. The molecule has 2 aliphatic rings. The third-order valence-corrected chi connectivity index (χ3v) is 6.20. The molecule has 1 aliphatic heterocycles. The average molecular weight is 373 g/mol. The fourth-order valence-electron chi connectivity index (χ4n) is 3.53. The van der Waals surface area contributed by atoms with Gasteiger partial charge < -0.3 is 15.4 Å². The highest BCUT2D eigenvalue weighted by Crippen LogP contribution is 2.33. The molecule has 1 aliphatic carbocycles. The number of halogens is 1. The molecule has 136 valence electrons. The molecule has 24 heavy (non-hydrogen) atoms. The van der Waals surface area contributed by atoms with Gasteiger partial charge in [0.1, 0.15) is 0 Å². The fraction of sp³-hybridized carbons (Fsp3) is 0.722. The van der Waals surface area contributed by atoms with Crippen molar-refractivity contribution >= 4 is 29.7 Å². The molecule has 6 heteroatoms. The number of thiophene rings is 1. The summed E-state index contributed by atoms with van der Waals surface area (Å²) in [6, 6.07) is 2.15. The first-order valence-corrected chi connectivity index (χ1v) is 9.71. The van der Waals surface area contributed by atoms with E-state index in [9.17, 15) is 4.79 Å². The summed E-state index contributed by atoms with van der Waals surface area (Å²) < 4.78 is 5.82. The first-order valence-electron chi connectivity index (χ1n) is 8.90. The van der Waals surface area contributed by atoms with Gasteiger partial charge in [0.05, 0.1) is 11.0 Å². The Morgan fingerprint density at radius 3 is 2.83 bits per heavy atom. The van der Waals surface area contributed by atoms with Crippen molar-refractivity contribution < 1.29 is 9.53 Å². The van der Waals surface area contributed by atoms with E-state index in [1.54, 1.807) is 11.3 Å². The lowest BCUT2D eigenvalue weighted by atomic mass is 9.90. The molecule has 0 saturated carbocycles. The number of ether oxygens (including phenoxy) is 1. The molecule has 1 atom stereocenters. The van der Waals surface area contributed by atoms with Crippen LogP contribution in [0.5, 0.6) is 0 Å². The topological polar surface area (TPSA) is 55.6 Å². The highest BCUT2D eigenvalue weighted by molar-refractivity contribution is 7.14. The van der Waals surface area contributed by atoms with Gasteiger partial charge in [-0.1, -0.05) is 6.92 Å². The molecule has 0 bridgehead atoms. The lowest BCUT2D eigenvalue weighted by Gasteiger charge is -2.31. The molecule has 3 rings (SSSR count). The number of nitrogens with two attached hydrogens (primary N) is 1. The van der Waals surface area contributed by atoms with Gasteiger partial charge in [-0.15, -0.1) is 23.7 Å². The average Bonchev–Trinajstić information content (AvgIpc) is 2.98. The molecule has 0 radical (unpaired) electrons. The Bertz CT molecular complexity index is 541. The molecule has 1 aromatic heterocycles. The van der Waals surface area contributed by atoms with Gasteiger partial charge in [0, 0.05) is 24.6 Å². The second kappa shape index (κ2) is 9.18. The molecule has 0 spiro atoms. The van der Waals surface area contributed by atoms with Crippen LogP contribution in [-0.4, -0.2) is 43.2 Å². The zero-order valence-electron chi connectivity index (χ0n) is 14.5. The van der Waals surface area contributed by atoms with Crippen LogP contribution in [-0.2, 0) is 17.6 Å². The van der Waals surface area contributed by atoms with Crippen molar-refractivity contribution in [3.05, 3.63) is 21.4 Å². The van der Waals surface area contributed by atoms with Gasteiger partial charge >= 0.3 is 0 Å². The zero-order chi connectivity index (χ0) is 16.2. The van der Waals surface area contributed by atoms with Crippen molar-refractivity contribution in [1.82, 2.24) is 4.90 Å². The highest BCUT2D eigenvalue weighted by Gasteiger charge is 2.27. The number of amides is 1. The third kappa shape index (κ3) is 4.72. The van der Waals surface area contributed by atoms with Crippen molar-refractivity contribution in [3.8, 4) is 0 Å². The Hall–Kier alpha value is -0.620. The van der Waals surface area contributed by atoms with Crippen LogP contribution in [0, 0.1) is 5.92 Å². The van der Waals surface area contributed by atoms with E-state index in [1.807, 2.05) is 4.90 Å². The van der Waals surface area contributed by atoms with Crippen molar-refractivity contribution in [2.24, 2.45) is 11.7 Å². The second-order valence-electron chi connectivity index (χ2n) is 6.91. The molecule has 2 N–H and O–H groups in total. The van der Waals surface area contributed by atoms with Crippen LogP contribution in [0.25, 0.3) is 0 Å². The smallest absolute Gasteiger partial charge is 0.263 e. The van der Waals surface area contributed by atoms with Crippen LogP contribution < -0.4 is 5.73 Å². The minimum Gasteiger partial charge on any atom is -0.378 e. The van der Waals surface area contributed by atoms with Crippen LogP contribution in [0.15, 0.2) is 6.07 Å². The normalized spacial score (nSPS) is 21.2. The van der Waals surface area contributed by atoms with Crippen molar-refractivity contribution in [3.63, 3.8) is 0 Å². The molecule has 1 aromatic rings. The molecule has 1 amide bonds. The summed E-state index contributed by atoms with van der Waals surface area (Å²) in [5, 5.41) is 0. The van der Waals surface area contributed by atoms with Crippen LogP contribution >= 0.6 is 23.7 Å². The van der Waals surface area contributed by atoms with E-state index in [1.165, 1.54) is 16.9 Å². The lowest BCUT2D eigenvalue weighted by Crippen LogP contribution is -2.40. The van der Waals surface area contributed by atoms with Crippen LogP contribution in [0.1, 0.15) is 52.7 Å². The SMILES string of the molecule is CC1CCc2sc(C(=O)N3CCC(OCCCN)CC3)cc2C1.Cl. The monoisotopic (exact) mass is 372 g/mol. The molecule has 2 heterocycles. The summed E-state index contributed by atoms with van der Waals surface area (Å²) in [4.78, 5) is 17.1. The summed E-state index contributed by atoms with van der Waals surface area (Å²) in [5.41, 5.74) is 6.90. The largest absolute Gasteiger partial charge is 0.378 e. The quantitative estimate of drug-likeness (QED) is 0.807. The number of nitrogens with zero attached hydrogens (tertiary/aromatic N) is 1. The minimum atomic E-state index is 0.